The van der Waals surface area contributed by atoms with Gasteiger partial charge in [0.1, 0.15) is 0 Å². The molecule has 1 fully saturated rings. The highest BCUT2D eigenvalue weighted by Gasteiger charge is 2.09. The first-order valence-electron chi connectivity index (χ1n) is 3.22. The molecule has 0 aromatic heterocycles. The number of hydrogen-bond donors (Lipinski definition) is 0. The van der Waals surface area contributed by atoms with Gasteiger partial charge in [-0.15, -0.1) is 11.6 Å². The molecule has 0 aromatic rings. The summed E-state index contributed by atoms with van der Waals surface area (Å²) in [6.07, 6.45) is 2.02. The molecule has 0 radical (unpaired) electrons. The fraction of sp³-hybridized carbons (Fsp3) is 1.00. The fourth-order valence-corrected chi connectivity index (χ4v) is 0.949. The Balaban J connectivity index is 2.18. The second kappa shape index (κ2) is 4.09. The van der Waals surface area contributed by atoms with E-state index in [2.05, 4.69) is 0 Å². The van der Waals surface area contributed by atoms with Crippen molar-refractivity contribution in [2.45, 2.75) is 19.1 Å². The maximum atomic E-state index is 5.50. The minimum atomic E-state index is -0.158. The monoisotopic (exact) mass is 150 g/mol. The van der Waals surface area contributed by atoms with Gasteiger partial charge in [-0.3, -0.25) is 0 Å². The zero-order chi connectivity index (χ0) is 6.53. The average Bonchev–Trinajstić information content (AvgIpc) is 2.13. The van der Waals surface area contributed by atoms with Crippen molar-refractivity contribution in [3.05, 3.63) is 0 Å². The third-order valence-electron chi connectivity index (χ3n) is 1.27. The molecule has 54 valence electrons. The summed E-state index contributed by atoms with van der Waals surface area (Å²) in [7, 11) is 0. The summed E-state index contributed by atoms with van der Waals surface area (Å²) in [5.74, 6) is 0.444. The van der Waals surface area contributed by atoms with E-state index in [0.29, 0.717) is 5.88 Å². The lowest BCUT2D eigenvalue weighted by Gasteiger charge is -2.10. The van der Waals surface area contributed by atoms with Crippen molar-refractivity contribution in [1.29, 1.82) is 0 Å². The Morgan fingerprint density at radius 1 is 1.22 bits per heavy atom. The predicted molar refractivity (Wildman–Crippen MR) is 35.6 cm³/mol. The summed E-state index contributed by atoms with van der Waals surface area (Å²) in [6.45, 7) is 1.58. The molecule has 9 heavy (non-hydrogen) atoms. The van der Waals surface area contributed by atoms with Crippen LogP contribution in [0.5, 0.6) is 0 Å². The van der Waals surface area contributed by atoms with E-state index in [9.17, 15) is 0 Å². The molecule has 0 N–H and O–H groups in total. The van der Waals surface area contributed by atoms with Crippen molar-refractivity contribution in [1.82, 2.24) is 0 Å². The van der Waals surface area contributed by atoms with Crippen LogP contribution in [-0.2, 0) is 9.47 Å². The van der Waals surface area contributed by atoms with Crippen LogP contribution >= 0.6 is 11.6 Å². The van der Waals surface area contributed by atoms with Gasteiger partial charge in [0.05, 0.1) is 5.88 Å². The Hall–Kier alpha value is 0.210. The van der Waals surface area contributed by atoms with E-state index in [1.165, 1.54) is 0 Å². The lowest BCUT2D eigenvalue weighted by molar-refractivity contribution is -0.110. The van der Waals surface area contributed by atoms with Crippen molar-refractivity contribution in [2.24, 2.45) is 0 Å². The van der Waals surface area contributed by atoms with Gasteiger partial charge in [0.2, 0.25) is 0 Å². The summed E-state index contributed by atoms with van der Waals surface area (Å²) >= 11 is 5.50. The smallest absolute Gasteiger partial charge is 0.170 e. The van der Waals surface area contributed by atoms with Gasteiger partial charge < -0.3 is 9.47 Å². The Morgan fingerprint density at radius 3 is 2.22 bits per heavy atom. The van der Waals surface area contributed by atoms with Crippen LogP contribution in [0.3, 0.4) is 0 Å². The van der Waals surface area contributed by atoms with Crippen molar-refractivity contribution in [2.75, 3.05) is 19.1 Å². The molecule has 0 bridgehead atoms. The molecule has 0 saturated carbocycles. The molecule has 1 saturated heterocycles. The Kier molecular flexibility index (Phi) is 3.33. The van der Waals surface area contributed by atoms with Crippen molar-refractivity contribution in [3.63, 3.8) is 0 Å². The number of halogens is 1. The average molecular weight is 151 g/mol. The topological polar surface area (TPSA) is 18.5 Å². The van der Waals surface area contributed by atoms with Crippen LogP contribution in [0.4, 0.5) is 0 Å². The normalized spacial score (nSPS) is 23.7. The highest BCUT2D eigenvalue weighted by molar-refractivity contribution is 6.18. The minimum Gasteiger partial charge on any atom is -0.351 e. The van der Waals surface area contributed by atoms with Crippen LogP contribution in [-0.4, -0.2) is 25.4 Å². The summed E-state index contributed by atoms with van der Waals surface area (Å²) in [6, 6.07) is 0. The molecule has 0 aliphatic carbocycles. The van der Waals surface area contributed by atoms with Crippen LogP contribution in [0.25, 0.3) is 0 Å². The second-order valence-corrected chi connectivity index (χ2v) is 2.34. The molecule has 1 aliphatic heterocycles. The van der Waals surface area contributed by atoms with Gasteiger partial charge in [-0.05, 0) is 12.8 Å². The van der Waals surface area contributed by atoms with Crippen molar-refractivity contribution in [3.8, 4) is 0 Å². The molecule has 1 rings (SSSR count). The Morgan fingerprint density at radius 2 is 1.78 bits per heavy atom. The van der Waals surface area contributed by atoms with Crippen molar-refractivity contribution >= 4 is 11.6 Å². The van der Waals surface area contributed by atoms with E-state index < -0.39 is 0 Å². The van der Waals surface area contributed by atoms with E-state index in [-0.39, 0.29) is 6.29 Å². The summed E-state index contributed by atoms with van der Waals surface area (Å²) < 4.78 is 10.4. The van der Waals surface area contributed by atoms with Gasteiger partial charge in [-0.2, -0.15) is 0 Å². The highest BCUT2D eigenvalue weighted by atomic mass is 35.5. The number of ether oxygens (including phenoxy) is 2. The first kappa shape index (κ1) is 7.32. The van der Waals surface area contributed by atoms with E-state index in [1.54, 1.807) is 0 Å². The predicted octanol–water partition coefficient (Wildman–Crippen LogP) is 1.38. The van der Waals surface area contributed by atoms with E-state index in [1.807, 2.05) is 0 Å². The Labute approximate surface area is 60.1 Å². The third kappa shape index (κ3) is 2.52. The molecule has 1 aliphatic rings. The first-order chi connectivity index (χ1) is 4.43. The van der Waals surface area contributed by atoms with Gasteiger partial charge in [-0.25, -0.2) is 0 Å². The largest absolute Gasteiger partial charge is 0.351 e. The van der Waals surface area contributed by atoms with Gasteiger partial charge in [0, 0.05) is 13.2 Å². The Bertz CT molecular complexity index is 69.5. The zero-order valence-electron chi connectivity index (χ0n) is 5.31. The molecular weight excluding hydrogens is 140 g/mol. The van der Waals surface area contributed by atoms with Gasteiger partial charge in [0.25, 0.3) is 0 Å². The summed E-state index contributed by atoms with van der Waals surface area (Å²) in [4.78, 5) is 0. The molecule has 1 heterocycles. The van der Waals surface area contributed by atoms with Gasteiger partial charge in [-0.1, -0.05) is 0 Å². The standard InChI is InChI=1S/C6H11ClO2/c7-5-6-8-3-1-2-4-9-6/h6H,1-5H2. The fourth-order valence-electron chi connectivity index (χ4n) is 0.771. The molecular formula is C6H11ClO2. The van der Waals surface area contributed by atoms with Gasteiger partial charge in [0.15, 0.2) is 6.29 Å². The summed E-state index contributed by atoms with van der Waals surface area (Å²) in [5, 5.41) is 0. The van der Waals surface area contributed by atoms with Crippen LogP contribution < -0.4 is 0 Å². The molecule has 0 unspecified atom stereocenters. The zero-order valence-corrected chi connectivity index (χ0v) is 6.06. The van der Waals surface area contributed by atoms with E-state index >= 15 is 0 Å². The first-order valence-corrected chi connectivity index (χ1v) is 3.76. The third-order valence-corrected chi connectivity index (χ3v) is 1.52. The molecule has 3 heteroatoms. The SMILES string of the molecule is ClCC1OCCCCO1. The lowest BCUT2D eigenvalue weighted by Crippen LogP contribution is -2.16. The van der Waals surface area contributed by atoms with Gasteiger partial charge >= 0.3 is 0 Å². The van der Waals surface area contributed by atoms with E-state index in [4.69, 9.17) is 21.1 Å². The lowest BCUT2D eigenvalue weighted by atomic mass is 10.3. The molecule has 2 nitrogen and oxygen atoms in total. The van der Waals surface area contributed by atoms with E-state index in [0.717, 1.165) is 26.1 Å². The number of hydrogen-bond acceptors (Lipinski definition) is 2. The quantitative estimate of drug-likeness (QED) is 0.526. The minimum absolute atomic E-state index is 0.158. The van der Waals surface area contributed by atoms with Crippen molar-refractivity contribution < 1.29 is 9.47 Å². The maximum absolute atomic E-state index is 5.50. The number of alkyl halides is 1. The van der Waals surface area contributed by atoms with Crippen LogP contribution in [0.2, 0.25) is 0 Å². The maximum Gasteiger partial charge on any atom is 0.170 e. The highest BCUT2D eigenvalue weighted by Crippen LogP contribution is 2.06. The van der Waals surface area contributed by atoms with Crippen LogP contribution in [0, 0.1) is 0 Å². The van der Waals surface area contributed by atoms with Crippen LogP contribution in [0.15, 0.2) is 0 Å². The number of rotatable bonds is 1. The molecule has 0 spiro atoms. The molecule has 0 amide bonds. The molecule has 0 atom stereocenters. The summed E-state index contributed by atoms with van der Waals surface area (Å²) in [5.41, 5.74) is 0. The molecule has 0 aromatic carbocycles. The second-order valence-electron chi connectivity index (χ2n) is 2.03. The van der Waals surface area contributed by atoms with Crippen LogP contribution in [0.1, 0.15) is 12.8 Å².